The number of nitrogens with one attached hydrogen (secondary N) is 1. The zero-order chi connectivity index (χ0) is 14.1. The van der Waals surface area contributed by atoms with E-state index in [1.807, 2.05) is 18.2 Å². The average Bonchev–Trinajstić information content (AvgIpc) is 2.89. The normalized spacial score (nSPS) is 14.6. The Hall–Kier alpha value is -1.38. The lowest BCUT2D eigenvalue weighted by atomic mass is 10.0. The Labute approximate surface area is 128 Å². The molecule has 2 nitrogen and oxygen atoms in total. The number of halogens is 2. The molecule has 0 aliphatic carbocycles. The summed E-state index contributed by atoms with van der Waals surface area (Å²) in [7, 11) is 0. The number of ether oxygens (including phenoxy) is 1. The molecule has 1 aliphatic rings. The fourth-order valence-electron chi connectivity index (χ4n) is 2.40. The summed E-state index contributed by atoms with van der Waals surface area (Å²) in [6.45, 7) is 2.89. The third kappa shape index (κ3) is 2.72. The zero-order valence-electron chi connectivity index (χ0n) is 11.1. The van der Waals surface area contributed by atoms with Gasteiger partial charge in [-0.25, -0.2) is 0 Å². The Morgan fingerprint density at radius 3 is 2.80 bits per heavy atom. The molecule has 0 amide bonds. The van der Waals surface area contributed by atoms with Crippen LogP contribution in [0.4, 0.5) is 5.69 Å². The third-order valence-electron chi connectivity index (χ3n) is 3.52. The van der Waals surface area contributed by atoms with Gasteiger partial charge in [-0.05, 0) is 48.4 Å². The van der Waals surface area contributed by atoms with Gasteiger partial charge < -0.3 is 10.1 Å². The minimum absolute atomic E-state index is 0.166. The molecule has 1 heterocycles. The van der Waals surface area contributed by atoms with Crippen molar-refractivity contribution in [2.75, 3.05) is 11.9 Å². The maximum atomic E-state index is 6.19. The van der Waals surface area contributed by atoms with Gasteiger partial charge in [0.2, 0.25) is 0 Å². The van der Waals surface area contributed by atoms with Crippen LogP contribution >= 0.6 is 23.2 Å². The second kappa shape index (κ2) is 5.55. The summed E-state index contributed by atoms with van der Waals surface area (Å²) in [6.07, 6.45) is 0.984. The van der Waals surface area contributed by atoms with Crippen molar-refractivity contribution in [1.29, 1.82) is 0 Å². The number of fused-ring (bicyclic) bond motifs is 1. The molecule has 0 aromatic heterocycles. The molecule has 0 bridgehead atoms. The third-order valence-corrected chi connectivity index (χ3v) is 4.06. The van der Waals surface area contributed by atoms with E-state index in [4.69, 9.17) is 27.9 Å². The Morgan fingerprint density at radius 1 is 1.15 bits per heavy atom. The largest absolute Gasteiger partial charge is 0.493 e. The molecule has 20 heavy (non-hydrogen) atoms. The molecule has 1 aliphatic heterocycles. The second-order valence-corrected chi connectivity index (χ2v) is 5.80. The Balaban J connectivity index is 1.80. The quantitative estimate of drug-likeness (QED) is 0.851. The van der Waals surface area contributed by atoms with Crippen molar-refractivity contribution in [1.82, 2.24) is 0 Å². The van der Waals surface area contributed by atoms with E-state index in [-0.39, 0.29) is 6.04 Å². The number of hydrogen-bond acceptors (Lipinski definition) is 2. The molecule has 1 N–H and O–H groups in total. The number of benzene rings is 2. The molecule has 1 atom stereocenters. The fourth-order valence-corrected chi connectivity index (χ4v) is 2.86. The lowest BCUT2D eigenvalue weighted by Crippen LogP contribution is -2.07. The average molecular weight is 308 g/mol. The highest BCUT2D eigenvalue weighted by Gasteiger charge is 2.15. The molecular weight excluding hydrogens is 293 g/mol. The highest BCUT2D eigenvalue weighted by Crippen LogP contribution is 2.31. The van der Waals surface area contributed by atoms with Gasteiger partial charge in [0.05, 0.1) is 17.3 Å². The monoisotopic (exact) mass is 307 g/mol. The Morgan fingerprint density at radius 2 is 2.00 bits per heavy atom. The summed E-state index contributed by atoms with van der Waals surface area (Å²) >= 11 is 12.1. The predicted octanol–water partition coefficient (Wildman–Crippen LogP) is 5.10. The van der Waals surface area contributed by atoms with Crippen LogP contribution in [0, 0.1) is 0 Å². The van der Waals surface area contributed by atoms with Crippen LogP contribution in [0.25, 0.3) is 0 Å². The lowest BCUT2D eigenvalue weighted by Gasteiger charge is -2.17. The van der Waals surface area contributed by atoms with Crippen LogP contribution in [0.2, 0.25) is 10.0 Å². The fraction of sp³-hybridized carbons (Fsp3) is 0.250. The molecule has 3 rings (SSSR count). The maximum Gasteiger partial charge on any atom is 0.122 e. The summed E-state index contributed by atoms with van der Waals surface area (Å²) < 4.78 is 5.53. The van der Waals surface area contributed by atoms with E-state index >= 15 is 0 Å². The van der Waals surface area contributed by atoms with E-state index in [0.717, 1.165) is 24.5 Å². The molecule has 0 saturated heterocycles. The molecule has 0 radical (unpaired) electrons. The van der Waals surface area contributed by atoms with Crippen molar-refractivity contribution in [3.8, 4) is 5.75 Å². The summed E-state index contributed by atoms with van der Waals surface area (Å²) in [5, 5.41) is 4.69. The standard InChI is InChI=1S/C16H15Cl2NO/c1-10(19-15-4-3-13(17)9-14(15)18)11-2-5-16-12(8-11)6-7-20-16/h2-5,8-10,19H,6-7H2,1H3. The SMILES string of the molecule is CC(Nc1ccc(Cl)cc1Cl)c1ccc2c(c1)CCO2. The zero-order valence-corrected chi connectivity index (χ0v) is 12.6. The van der Waals surface area contributed by atoms with Gasteiger partial charge >= 0.3 is 0 Å². The highest BCUT2D eigenvalue weighted by atomic mass is 35.5. The maximum absolute atomic E-state index is 6.19. The predicted molar refractivity (Wildman–Crippen MR) is 84.1 cm³/mol. The van der Waals surface area contributed by atoms with E-state index in [1.54, 1.807) is 6.07 Å². The van der Waals surface area contributed by atoms with Gasteiger partial charge in [-0.15, -0.1) is 0 Å². The smallest absolute Gasteiger partial charge is 0.122 e. The first-order chi connectivity index (χ1) is 9.63. The first kappa shape index (κ1) is 13.6. The van der Waals surface area contributed by atoms with Crippen LogP contribution in [0.3, 0.4) is 0 Å². The van der Waals surface area contributed by atoms with E-state index < -0.39 is 0 Å². The van der Waals surface area contributed by atoms with Crippen LogP contribution in [0.1, 0.15) is 24.1 Å². The lowest BCUT2D eigenvalue weighted by molar-refractivity contribution is 0.357. The summed E-state index contributed by atoms with van der Waals surface area (Å²) in [6, 6.07) is 12.0. The van der Waals surface area contributed by atoms with Gasteiger partial charge in [0.25, 0.3) is 0 Å². The van der Waals surface area contributed by atoms with Gasteiger partial charge in [-0.3, -0.25) is 0 Å². The van der Waals surface area contributed by atoms with Crippen LogP contribution in [0.15, 0.2) is 36.4 Å². The first-order valence-electron chi connectivity index (χ1n) is 6.61. The number of anilines is 1. The van der Waals surface area contributed by atoms with Gasteiger partial charge in [-0.1, -0.05) is 29.3 Å². The van der Waals surface area contributed by atoms with Crippen molar-refractivity contribution in [2.24, 2.45) is 0 Å². The van der Waals surface area contributed by atoms with Gasteiger partial charge in [-0.2, -0.15) is 0 Å². The molecule has 2 aromatic rings. The molecule has 104 valence electrons. The summed E-state index contributed by atoms with van der Waals surface area (Å²) in [5.41, 5.74) is 3.39. The molecule has 0 fully saturated rings. The van der Waals surface area contributed by atoms with Gasteiger partial charge in [0, 0.05) is 17.5 Å². The van der Waals surface area contributed by atoms with E-state index in [2.05, 4.69) is 24.4 Å². The Kier molecular flexibility index (Phi) is 3.77. The summed E-state index contributed by atoms with van der Waals surface area (Å²) in [5.74, 6) is 1.01. The molecule has 1 unspecified atom stereocenters. The van der Waals surface area contributed by atoms with Crippen molar-refractivity contribution in [3.05, 3.63) is 57.6 Å². The molecule has 0 saturated carbocycles. The van der Waals surface area contributed by atoms with Crippen LogP contribution in [-0.4, -0.2) is 6.61 Å². The highest BCUT2D eigenvalue weighted by molar-refractivity contribution is 6.36. The minimum atomic E-state index is 0.166. The van der Waals surface area contributed by atoms with Crippen LogP contribution in [0.5, 0.6) is 5.75 Å². The van der Waals surface area contributed by atoms with Crippen molar-refractivity contribution >= 4 is 28.9 Å². The van der Waals surface area contributed by atoms with Crippen molar-refractivity contribution in [3.63, 3.8) is 0 Å². The van der Waals surface area contributed by atoms with E-state index in [1.165, 1.54) is 11.1 Å². The van der Waals surface area contributed by atoms with Crippen molar-refractivity contribution < 1.29 is 4.74 Å². The minimum Gasteiger partial charge on any atom is -0.493 e. The molecular formula is C16H15Cl2NO. The van der Waals surface area contributed by atoms with Crippen LogP contribution < -0.4 is 10.1 Å². The van der Waals surface area contributed by atoms with Crippen LogP contribution in [-0.2, 0) is 6.42 Å². The van der Waals surface area contributed by atoms with Gasteiger partial charge in [0.15, 0.2) is 0 Å². The van der Waals surface area contributed by atoms with E-state index in [9.17, 15) is 0 Å². The second-order valence-electron chi connectivity index (χ2n) is 4.96. The van der Waals surface area contributed by atoms with Crippen molar-refractivity contribution in [2.45, 2.75) is 19.4 Å². The van der Waals surface area contributed by atoms with E-state index in [0.29, 0.717) is 10.0 Å². The molecule has 2 aromatic carbocycles. The molecule has 0 spiro atoms. The Bertz CT molecular complexity index is 642. The van der Waals surface area contributed by atoms with Gasteiger partial charge in [0.1, 0.15) is 5.75 Å². The number of rotatable bonds is 3. The number of hydrogen-bond donors (Lipinski definition) is 1. The topological polar surface area (TPSA) is 21.3 Å². The molecule has 4 heteroatoms. The summed E-state index contributed by atoms with van der Waals surface area (Å²) in [4.78, 5) is 0. The first-order valence-corrected chi connectivity index (χ1v) is 7.36.